The van der Waals surface area contributed by atoms with Crippen LogP contribution in [0.1, 0.15) is 5.56 Å². The van der Waals surface area contributed by atoms with Crippen molar-refractivity contribution >= 4 is 16.0 Å². The van der Waals surface area contributed by atoms with Crippen molar-refractivity contribution in [2.45, 2.75) is 11.8 Å². The molecule has 0 N–H and O–H groups in total. The first kappa shape index (κ1) is 15.5. The lowest BCUT2D eigenvalue weighted by Crippen LogP contribution is -2.33. The fourth-order valence-corrected chi connectivity index (χ4v) is 2.84. The first-order valence-corrected chi connectivity index (χ1v) is 6.94. The van der Waals surface area contributed by atoms with Gasteiger partial charge in [0.1, 0.15) is 17.2 Å². The van der Waals surface area contributed by atoms with Gasteiger partial charge in [0.15, 0.2) is 0 Å². The number of carbonyl (C=O) groups is 1. The smallest absolute Gasteiger partial charge is 0.321 e. The molecule has 0 amide bonds. The highest BCUT2D eigenvalue weighted by molar-refractivity contribution is 7.89. The van der Waals surface area contributed by atoms with Crippen molar-refractivity contribution in [1.82, 2.24) is 4.31 Å². The fraction of sp³-hybridized carbons (Fsp3) is 0.417. The quantitative estimate of drug-likeness (QED) is 0.749. The molecule has 0 aliphatic heterocycles. The largest absolute Gasteiger partial charge is 0.495 e. The molecule has 0 radical (unpaired) electrons. The van der Waals surface area contributed by atoms with E-state index < -0.39 is 16.0 Å². The number of ether oxygens (including phenoxy) is 2. The lowest BCUT2D eigenvalue weighted by molar-refractivity contribution is -0.140. The summed E-state index contributed by atoms with van der Waals surface area (Å²) in [5, 5.41) is 0. The van der Waals surface area contributed by atoms with Gasteiger partial charge in [-0.25, -0.2) is 8.42 Å². The second kappa shape index (κ2) is 6.03. The Morgan fingerprint density at radius 3 is 2.47 bits per heavy atom. The zero-order valence-electron chi connectivity index (χ0n) is 11.3. The number of sulfonamides is 1. The van der Waals surface area contributed by atoms with E-state index in [9.17, 15) is 13.2 Å². The summed E-state index contributed by atoms with van der Waals surface area (Å²) in [4.78, 5) is 11.2. The predicted molar refractivity (Wildman–Crippen MR) is 69.6 cm³/mol. The Balaban J connectivity index is 3.19. The highest BCUT2D eigenvalue weighted by atomic mass is 32.2. The third kappa shape index (κ3) is 3.45. The normalized spacial score (nSPS) is 11.4. The molecule has 1 rings (SSSR count). The van der Waals surface area contributed by atoms with Crippen LogP contribution in [0.4, 0.5) is 0 Å². The number of nitrogens with zero attached hydrogens (tertiary/aromatic N) is 1. The summed E-state index contributed by atoms with van der Waals surface area (Å²) >= 11 is 0. The van der Waals surface area contributed by atoms with Gasteiger partial charge in [0.25, 0.3) is 0 Å². The van der Waals surface area contributed by atoms with Gasteiger partial charge in [0.2, 0.25) is 10.0 Å². The van der Waals surface area contributed by atoms with E-state index in [1.54, 1.807) is 19.1 Å². The van der Waals surface area contributed by atoms with Gasteiger partial charge < -0.3 is 9.47 Å². The lowest BCUT2D eigenvalue weighted by Gasteiger charge is -2.18. The Bertz CT molecular complexity index is 567. The summed E-state index contributed by atoms with van der Waals surface area (Å²) in [6.45, 7) is 1.43. The molecular formula is C12H17NO5S. The van der Waals surface area contributed by atoms with Crippen molar-refractivity contribution in [3.8, 4) is 5.75 Å². The zero-order valence-corrected chi connectivity index (χ0v) is 12.2. The van der Waals surface area contributed by atoms with Crippen molar-refractivity contribution in [2.24, 2.45) is 0 Å². The molecule has 0 aliphatic carbocycles. The molecule has 0 aromatic heterocycles. The Morgan fingerprint density at radius 1 is 1.32 bits per heavy atom. The first-order valence-electron chi connectivity index (χ1n) is 5.50. The average molecular weight is 287 g/mol. The van der Waals surface area contributed by atoms with Gasteiger partial charge in [-0.3, -0.25) is 4.79 Å². The molecular weight excluding hydrogens is 270 g/mol. The number of carbonyl (C=O) groups excluding carboxylic acids is 1. The van der Waals surface area contributed by atoms with Crippen LogP contribution >= 0.6 is 0 Å². The van der Waals surface area contributed by atoms with E-state index in [4.69, 9.17) is 4.74 Å². The van der Waals surface area contributed by atoms with E-state index in [0.717, 1.165) is 9.87 Å². The molecule has 7 heteroatoms. The molecule has 19 heavy (non-hydrogen) atoms. The van der Waals surface area contributed by atoms with E-state index in [-0.39, 0.29) is 17.2 Å². The predicted octanol–water partition coefficient (Wildman–Crippen LogP) is 0.797. The summed E-state index contributed by atoms with van der Waals surface area (Å²) in [7, 11) is 0.109. The Hall–Kier alpha value is -1.60. The Kier molecular flexibility index (Phi) is 4.90. The van der Waals surface area contributed by atoms with Crippen molar-refractivity contribution in [3.63, 3.8) is 0 Å². The maximum atomic E-state index is 12.4. The van der Waals surface area contributed by atoms with Crippen LogP contribution in [0, 0.1) is 6.92 Å². The van der Waals surface area contributed by atoms with Crippen molar-refractivity contribution in [1.29, 1.82) is 0 Å². The van der Waals surface area contributed by atoms with Crippen LogP contribution in [0.25, 0.3) is 0 Å². The number of benzene rings is 1. The molecule has 0 atom stereocenters. The summed E-state index contributed by atoms with van der Waals surface area (Å²) in [6, 6.07) is 4.83. The van der Waals surface area contributed by atoms with Crippen LogP contribution in [0.5, 0.6) is 5.75 Å². The summed E-state index contributed by atoms with van der Waals surface area (Å²) in [6.07, 6.45) is 0. The second-order valence-corrected chi connectivity index (χ2v) is 6.00. The SMILES string of the molecule is COC(=O)CN(C)S(=O)(=O)c1cc(C)ccc1OC. The summed E-state index contributed by atoms with van der Waals surface area (Å²) < 4.78 is 35.1. The molecule has 0 heterocycles. The second-order valence-electron chi connectivity index (χ2n) is 3.99. The number of rotatable bonds is 5. The van der Waals surface area contributed by atoms with Crippen LogP contribution in [0.15, 0.2) is 23.1 Å². The highest BCUT2D eigenvalue weighted by Crippen LogP contribution is 2.26. The van der Waals surface area contributed by atoms with Crippen molar-refractivity contribution in [2.75, 3.05) is 27.8 Å². The van der Waals surface area contributed by atoms with Gasteiger partial charge in [-0.2, -0.15) is 4.31 Å². The molecule has 6 nitrogen and oxygen atoms in total. The molecule has 0 unspecified atom stereocenters. The minimum absolute atomic E-state index is 0.0291. The van der Waals surface area contributed by atoms with Gasteiger partial charge in [-0.1, -0.05) is 6.07 Å². The monoisotopic (exact) mass is 287 g/mol. The lowest BCUT2D eigenvalue weighted by atomic mass is 10.2. The maximum Gasteiger partial charge on any atom is 0.321 e. The van der Waals surface area contributed by atoms with E-state index in [2.05, 4.69) is 4.74 Å². The molecule has 1 aromatic carbocycles. The molecule has 0 fully saturated rings. The van der Waals surface area contributed by atoms with Gasteiger partial charge in [-0.05, 0) is 24.6 Å². The molecule has 0 saturated carbocycles. The van der Waals surface area contributed by atoms with E-state index in [1.807, 2.05) is 0 Å². The number of likely N-dealkylation sites (N-methyl/N-ethyl adjacent to an activating group) is 1. The number of methoxy groups -OCH3 is 2. The third-order valence-corrected chi connectivity index (χ3v) is 4.41. The molecule has 0 aliphatic rings. The van der Waals surface area contributed by atoms with E-state index in [0.29, 0.717) is 0 Å². The van der Waals surface area contributed by atoms with Crippen LogP contribution in [0.2, 0.25) is 0 Å². The van der Waals surface area contributed by atoms with Gasteiger partial charge in [0.05, 0.1) is 14.2 Å². The number of hydrogen-bond donors (Lipinski definition) is 0. The summed E-state index contributed by atoms with van der Waals surface area (Å²) in [5.41, 5.74) is 0.783. The molecule has 1 aromatic rings. The Labute approximate surface area is 113 Å². The first-order chi connectivity index (χ1) is 8.82. The van der Waals surface area contributed by atoms with Crippen LogP contribution in [-0.2, 0) is 19.6 Å². The minimum Gasteiger partial charge on any atom is -0.495 e. The van der Waals surface area contributed by atoms with Crippen molar-refractivity contribution < 1.29 is 22.7 Å². The standard InChI is InChI=1S/C12H17NO5S/c1-9-5-6-10(17-3)11(7-9)19(15,16)13(2)8-12(14)18-4/h5-7H,8H2,1-4H3. The minimum atomic E-state index is -3.80. The van der Waals surface area contributed by atoms with Crippen LogP contribution < -0.4 is 4.74 Å². The highest BCUT2D eigenvalue weighted by Gasteiger charge is 2.26. The van der Waals surface area contributed by atoms with Gasteiger partial charge >= 0.3 is 5.97 Å². The maximum absolute atomic E-state index is 12.4. The van der Waals surface area contributed by atoms with Gasteiger partial charge in [0, 0.05) is 7.05 Å². The zero-order chi connectivity index (χ0) is 14.6. The molecule has 0 bridgehead atoms. The fourth-order valence-electron chi connectivity index (χ4n) is 1.48. The topological polar surface area (TPSA) is 72.9 Å². The third-order valence-electron chi connectivity index (χ3n) is 2.59. The number of esters is 1. The van der Waals surface area contributed by atoms with E-state index in [1.165, 1.54) is 27.3 Å². The molecule has 106 valence electrons. The van der Waals surface area contributed by atoms with Crippen LogP contribution in [0.3, 0.4) is 0 Å². The van der Waals surface area contributed by atoms with Crippen molar-refractivity contribution in [3.05, 3.63) is 23.8 Å². The number of aryl methyl sites for hydroxylation is 1. The van der Waals surface area contributed by atoms with Crippen LogP contribution in [-0.4, -0.2) is 46.5 Å². The van der Waals surface area contributed by atoms with Gasteiger partial charge in [-0.15, -0.1) is 0 Å². The molecule has 0 saturated heterocycles. The average Bonchev–Trinajstić information content (AvgIpc) is 2.38. The molecule has 0 spiro atoms. The summed E-state index contributed by atoms with van der Waals surface area (Å²) in [5.74, 6) is -0.389. The van der Waals surface area contributed by atoms with E-state index >= 15 is 0 Å². The number of hydrogen-bond acceptors (Lipinski definition) is 5. The Morgan fingerprint density at radius 2 is 1.95 bits per heavy atom.